The zero-order valence-corrected chi connectivity index (χ0v) is 15.7. The molecule has 3 aromatic rings. The third-order valence-electron chi connectivity index (χ3n) is 4.65. The molecule has 1 unspecified atom stereocenters. The van der Waals surface area contributed by atoms with Gasteiger partial charge >= 0.3 is 0 Å². The first-order chi connectivity index (χ1) is 13.1. The summed E-state index contributed by atoms with van der Waals surface area (Å²) in [6.07, 6.45) is 0.219. The van der Waals surface area contributed by atoms with Crippen molar-refractivity contribution in [3.8, 4) is 11.3 Å². The number of aromatic nitrogens is 1. The number of nitrogens with one attached hydrogen (secondary N) is 1. The number of carbonyl (C=O) groups excluding carboxylic acids is 2. The van der Waals surface area contributed by atoms with Crippen molar-refractivity contribution in [2.24, 2.45) is 5.92 Å². The molecule has 0 aliphatic carbocycles. The lowest BCUT2D eigenvalue weighted by Gasteiger charge is -2.16. The Hall–Kier alpha value is -2.99. The molecular weight excluding hydrogens is 358 g/mol. The first kappa shape index (κ1) is 17.4. The van der Waals surface area contributed by atoms with Crippen molar-refractivity contribution in [2.75, 3.05) is 16.8 Å². The average molecular weight is 377 g/mol. The topological polar surface area (TPSA) is 62.3 Å². The van der Waals surface area contributed by atoms with Crippen molar-refractivity contribution in [2.45, 2.75) is 13.3 Å². The van der Waals surface area contributed by atoms with E-state index in [1.54, 1.807) is 4.90 Å². The molecule has 1 N–H and O–H groups in total. The second-order valence-electron chi connectivity index (χ2n) is 6.63. The highest BCUT2D eigenvalue weighted by molar-refractivity contribution is 7.14. The molecule has 27 heavy (non-hydrogen) atoms. The summed E-state index contributed by atoms with van der Waals surface area (Å²) in [5.74, 6) is -0.558. The van der Waals surface area contributed by atoms with Crippen LogP contribution in [0.3, 0.4) is 0 Å². The summed E-state index contributed by atoms with van der Waals surface area (Å²) in [4.78, 5) is 31.1. The minimum Gasteiger partial charge on any atom is -0.312 e. The van der Waals surface area contributed by atoms with E-state index < -0.39 is 0 Å². The average Bonchev–Trinajstić information content (AvgIpc) is 3.30. The molecule has 6 heteroatoms. The van der Waals surface area contributed by atoms with E-state index in [1.807, 2.05) is 66.9 Å². The molecule has 0 bridgehead atoms. The Bertz CT molecular complexity index is 967. The van der Waals surface area contributed by atoms with E-state index in [9.17, 15) is 9.59 Å². The van der Waals surface area contributed by atoms with Gasteiger partial charge in [-0.15, -0.1) is 11.3 Å². The Kier molecular flexibility index (Phi) is 4.73. The molecule has 0 spiro atoms. The van der Waals surface area contributed by atoms with Crippen molar-refractivity contribution >= 4 is 34.0 Å². The number of nitrogens with zero attached hydrogens (tertiary/aromatic N) is 2. The number of para-hydroxylation sites is 1. The van der Waals surface area contributed by atoms with Crippen LogP contribution in [0.15, 0.2) is 60.0 Å². The van der Waals surface area contributed by atoms with Gasteiger partial charge in [0.2, 0.25) is 11.8 Å². The van der Waals surface area contributed by atoms with E-state index in [2.05, 4.69) is 10.3 Å². The van der Waals surface area contributed by atoms with Crippen LogP contribution in [-0.4, -0.2) is 23.3 Å². The maximum atomic E-state index is 12.6. The predicted molar refractivity (Wildman–Crippen MR) is 108 cm³/mol. The summed E-state index contributed by atoms with van der Waals surface area (Å²) >= 11 is 1.39. The molecule has 1 atom stereocenters. The minimum absolute atomic E-state index is 0.0270. The first-order valence-electron chi connectivity index (χ1n) is 8.79. The normalized spacial score (nSPS) is 16.6. The number of carbonyl (C=O) groups is 2. The van der Waals surface area contributed by atoms with Crippen molar-refractivity contribution < 1.29 is 9.59 Å². The Labute approximate surface area is 161 Å². The van der Waals surface area contributed by atoms with Crippen molar-refractivity contribution in [1.82, 2.24) is 4.98 Å². The number of amides is 2. The molecule has 2 amide bonds. The van der Waals surface area contributed by atoms with Gasteiger partial charge in [0.15, 0.2) is 5.13 Å². The molecule has 5 nitrogen and oxygen atoms in total. The van der Waals surface area contributed by atoms with Crippen molar-refractivity contribution in [1.29, 1.82) is 0 Å². The SMILES string of the molecule is Cc1ccc(-c2csc(NC(=O)C3CC(=O)N(c4ccccc4)C3)n2)cc1. The van der Waals surface area contributed by atoms with E-state index in [-0.39, 0.29) is 24.2 Å². The number of thiazole rings is 1. The van der Waals surface area contributed by atoms with Gasteiger partial charge in [-0.25, -0.2) is 4.98 Å². The summed E-state index contributed by atoms with van der Waals surface area (Å²) in [5, 5.41) is 5.35. The van der Waals surface area contributed by atoms with Crippen molar-refractivity contribution in [3.63, 3.8) is 0 Å². The van der Waals surface area contributed by atoms with Crippen LogP contribution in [0.1, 0.15) is 12.0 Å². The second kappa shape index (κ2) is 7.32. The first-order valence-corrected chi connectivity index (χ1v) is 9.67. The van der Waals surface area contributed by atoms with E-state index in [0.717, 1.165) is 16.9 Å². The number of rotatable bonds is 4. The van der Waals surface area contributed by atoms with Gasteiger partial charge in [0, 0.05) is 29.6 Å². The quantitative estimate of drug-likeness (QED) is 0.744. The van der Waals surface area contributed by atoms with Crippen LogP contribution in [0.2, 0.25) is 0 Å². The zero-order chi connectivity index (χ0) is 18.8. The van der Waals surface area contributed by atoms with Crippen molar-refractivity contribution in [3.05, 3.63) is 65.5 Å². The molecule has 0 saturated carbocycles. The highest BCUT2D eigenvalue weighted by Gasteiger charge is 2.35. The molecule has 2 aromatic carbocycles. The number of hydrogen-bond donors (Lipinski definition) is 1. The number of hydrogen-bond acceptors (Lipinski definition) is 4. The van der Waals surface area contributed by atoms with Gasteiger partial charge in [0.25, 0.3) is 0 Å². The fourth-order valence-electron chi connectivity index (χ4n) is 3.14. The summed E-state index contributed by atoms with van der Waals surface area (Å²) in [5.41, 5.74) is 3.87. The molecule has 2 heterocycles. The Morgan fingerprint density at radius 1 is 1.15 bits per heavy atom. The fourth-order valence-corrected chi connectivity index (χ4v) is 3.86. The van der Waals surface area contributed by atoms with Gasteiger partial charge in [-0.05, 0) is 19.1 Å². The molecule has 1 aromatic heterocycles. The van der Waals surface area contributed by atoms with E-state index >= 15 is 0 Å². The van der Waals surface area contributed by atoms with E-state index in [0.29, 0.717) is 11.7 Å². The Balaban J connectivity index is 1.43. The molecular formula is C21H19N3O2S. The van der Waals surface area contributed by atoms with Crippen LogP contribution >= 0.6 is 11.3 Å². The molecule has 1 aliphatic rings. The van der Waals surface area contributed by atoms with Gasteiger partial charge in [-0.1, -0.05) is 48.0 Å². The molecule has 1 aliphatic heterocycles. The molecule has 1 saturated heterocycles. The highest BCUT2D eigenvalue weighted by atomic mass is 32.1. The molecule has 4 rings (SSSR count). The summed E-state index contributed by atoms with van der Waals surface area (Å²) in [6, 6.07) is 17.6. The third kappa shape index (κ3) is 3.75. The lowest BCUT2D eigenvalue weighted by atomic mass is 10.1. The standard InChI is InChI=1S/C21H19N3O2S/c1-14-7-9-15(10-8-14)18-13-27-21(22-18)23-20(26)16-11-19(25)24(12-16)17-5-3-2-4-6-17/h2-10,13,16H,11-12H2,1H3,(H,22,23,26). The summed E-state index contributed by atoms with van der Waals surface area (Å²) in [6.45, 7) is 2.43. The zero-order valence-electron chi connectivity index (χ0n) is 14.9. The van der Waals surface area contributed by atoms with Crippen LogP contribution in [0.25, 0.3) is 11.3 Å². The predicted octanol–water partition coefficient (Wildman–Crippen LogP) is 4.11. The lowest BCUT2D eigenvalue weighted by molar-refractivity contribution is -0.122. The monoisotopic (exact) mass is 377 g/mol. The maximum Gasteiger partial charge on any atom is 0.231 e. The van der Waals surface area contributed by atoms with Crippen LogP contribution in [0, 0.1) is 12.8 Å². The van der Waals surface area contributed by atoms with Gasteiger partial charge < -0.3 is 10.2 Å². The maximum absolute atomic E-state index is 12.6. The lowest BCUT2D eigenvalue weighted by Crippen LogP contribution is -2.28. The summed E-state index contributed by atoms with van der Waals surface area (Å²) < 4.78 is 0. The number of anilines is 2. The Morgan fingerprint density at radius 2 is 1.89 bits per heavy atom. The van der Waals surface area contributed by atoms with Crippen LogP contribution in [-0.2, 0) is 9.59 Å². The summed E-state index contributed by atoms with van der Waals surface area (Å²) in [7, 11) is 0. The molecule has 1 fully saturated rings. The molecule has 136 valence electrons. The second-order valence-corrected chi connectivity index (χ2v) is 7.49. The van der Waals surface area contributed by atoms with Crippen LogP contribution < -0.4 is 10.2 Å². The van der Waals surface area contributed by atoms with Gasteiger partial charge in [0.1, 0.15) is 0 Å². The molecule has 0 radical (unpaired) electrons. The Morgan fingerprint density at radius 3 is 2.63 bits per heavy atom. The largest absolute Gasteiger partial charge is 0.312 e. The van der Waals surface area contributed by atoms with E-state index in [1.165, 1.54) is 16.9 Å². The smallest absolute Gasteiger partial charge is 0.231 e. The number of benzene rings is 2. The number of aryl methyl sites for hydroxylation is 1. The highest BCUT2D eigenvalue weighted by Crippen LogP contribution is 2.28. The minimum atomic E-state index is -0.371. The van der Waals surface area contributed by atoms with Crippen LogP contribution in [0.4, 0.5) is 10.8 Å². The van der Waals surface area contributed by atoms with Gasteiger partial charge in [0.05, 0.1) is 11.6 Å². The van der Waals surface area contributed by atoms with Crippen LogP contribution in [0.5, 0.6) is 0 Å². The third-order valence-corrected chi connectivity index (χ3v) is 5.40. The van der Waals surface area contributed by atoms with Gasteiger partial charge in [-0.2, -0.15) is 0 Å². The van der Waals surface area contributed by atoms with Gasteiger partial charge in [-0.3, -0.25) is 9.59 Å². The fraction of sp³-hybridized carbons (Fsp3) is 0.190. The van der Waals surface area contributed by atoms with E-state index in [4.69, 9.17) is 0 Å².